The number of rotatable bonds is 8. The van der Waals surface area contributed by atoms with Gasteiger partial charge in [0.15, 0.2) is 0 Å². The molecule has 114 valence electrons. The molecule has 1 saturated carbocycles. The Kier molecular flexibility index (Phi) is 7.96. The minimum Gasteiger partial charge on any atom is -0.383 e. The van der Waals surface area contributed by atoms with E-state index < -0.39 is 0 Å². The minimum absolute atomic E-state index is 0.495. The molecular formula is C16H34N2O. The first-order valence-corrected chi connectivity index (χ1v) is 7.97. The average molecular weight is 270 g/mol. The van der Waals surface area contributed by atoms with Gasteiger partial charge in [0, 0.05) is 25.7 Å². The van der Waals surface area contributed by atoms with Crippen LogP contribution in [0.3, 0.4) is 0 Å². The second-order valence-electron chi connectivity index (χ2n) is 6.66. The van der Waals surface area contributed by atoms with Crippen molar-refractivity contribution in [2.45, 2.75) is 58.5 Å². The molecule has 1 aliphatic rings. The van der Waals surface area contributed by atoms with Crippen molar-refractivity contribution in [2.24, 2.45) is 11.8 Å². The minimum atomic E-state index is 0.495. The van der Waals surface area contributed by atoms with Crippen molar-refractivity contribution in [3.8, 4) is 0 Å². The lowest BCUT2D eigenvalue weighted by atomic mass is 9.84. The summed E-state index contributed by atoms with van der Waals surface area (Å²) in [5.41, 5.74) is 0. The first-order valence-electron chi connectivity index (χ1n) is 7.97. The van der Waals surface area contributed by atoms with Crippen LogP contribution in [0.4, 0.5) is 0 Å². The number of hydrogen-bond donors (Lipinski definition) is 1. The topological polar surface area (TPSA) is 24.5 Å². The molecule has 1 aliphatic carbocycles. The normalized spacial score (nSPS) is 26.1. The maximum Gasteiger partial charge on any atom is 0.0630 e. The Hall–Kier alpha value is -0.120. The predicted molar refractivity (Wildman–Crippen MR) is 82.6 cm³/mol. The van der Waals surface area contributed by atoms with Crippen molar-refractivity contribution < 1.29 is 4.74 Å². The molecule has 1 N–H and O–H groups in total. The van der Waals surface area contributed by atoms with Gasteiger partial charge < -0.3 is 10.1 Å². The summed E-state index contributed by atoms with van der Waals surface area (Å²) >= 11 is 0. The molecule has 1 fully saturated rings. The Morgan fingerprint density at radius 3 is 2.47 bits per heavy atom. The number of ether oxygens (including phenoxy) is 1. The molecule has 0 saturated heterocycles. The zero-order chi connectivity index (χ0) is 14.3. The molecule has 3 nitrogen and oxygen atoms in total. The van der Waals surface area contributed by atoms with Crippen molar-refractivity contribution in [3.05, 3.63) is 0 Å². The summed E-state index contributed by atoms with van der Waals surface area (Å²) in [7, 11) is 4.10. The van der Waals surface area contributed by atoms with E-state index in [1.165, 1.54) is 25.7 Å². The highest BCUT2D eigenvalue weighted by atomic mass is 16.5. The van der Waals surface area contributed by atoms with Crippen LogP contribution in [0.5, 0.6) is 0 Å². The van der Waals surface area contributed by atoms with E-state index in [2.05, 4.69) is 38.0 Å². The molecule has 3 unspecified atom stereocenters. The number of nitrogens with one attached hydrogen (secondary N) is 1. The fourth-order valence-electron chi connectivity index (χ4n) is 3.22. The van der Waals surface area contributed by atoms with Crippen LogP contribution in [-0.4, -0.2) is 50.8 Å². The van der Waals surface area contributed by atoms with Gasteiger partial charge in [-0.1, -0.05) is 33.6 Å². The first kappa shape index (κ1) is 16.9. The highest BCUT2D eigenvalue weighted by molar-refractivity contribution is 4.84. The Bertz CT molecular complexity index is 233. The maximum atomic E-state index is 5.43. The molecule has 0 amide bonds. The van der Waals surface area contributed by atoms with Gasteiger partial charge in [0.1, 0.15) is 0 Å². The summed E-state index contributed by atoms with van der Waals surface area (Å²) in [5, 5.41) is 3.58. The van der Waals surface area contributed by atoms with Gasteiger partial charge in [0.25, 0.3) is 0 Å². The van der Waals surface area contributed by atoms with E-state index >= 15 is 0 Å². The van der Waals surface area contributed by atoms with E-state index in [-0.39, 0.29) is 0 Å². The van der Waals surface area contributed by atoms with Crippen LogP contribution in [0.25, 0.3) is 0 Å². The lowest BCUT2D eigenvalue weighted by Crippen LogP contribution is -2.51. The number of hydrogen-bond acceptors (Lipinski definition) is 3. The summed E-state index contributed by atoms with van der Waals surface area (Å²) in [6, 6.07) is 1.23. The molecule has 0 aromatic heterocycles. The van der Waals surface area contributed by atoms with Gasteiger partial charge in [0.2, 0.25) is 0 Å². The number of methoxy groups -OCH3 is 1. The van der Waals surface area contributed by atoms with Crippen molar-refractivity contribution in [1.29, 1.82) is 0 Å². The summed E-state index contributed by atoms with van der Waals surface area (Å²) in [6.45, 7) is 9.87. The summed E-state index contributed by atoms with van der Waals surface area (Å²) in [4.78, 5) is 2.57. The largest absolute Gasteiger partial charge is 0.383 e. The summed E-state index contributed by atoms with van der Waals surface area (Å²) in [5.74, 6) is 1.53. The van der Waals surface area contributed by atoms with Crippen LogP contribution in [-0.2, 0) is 4.74 Å². The third-order valence-corrected chi connectivity index (χ3v) is 4.46. The lowest BCUT2D eigenvalue weighted by Gasteiger charge is -2.40. The molecular weight excluding hydrogens is 236 g/mol. The Morgan fingerprint density at radius 2 is 1.89 bits per heavy atom. The zero-order valence-electron chi connectivity index (χ0n) is 13.6. The molecule has 0 bridgehead atoms. The number of nitrogens with zero attached hydrogens (tertiary/aromatic N) is 1. The van der Waals surface area contributed by atoms with E-state index in [0.29, 0.717) is 12.0 Å². The highest BCUT2D eigenvalue weighted by Crippen LogP contribution is 2.28. The van der Waals surface area contributed by atoms with Crippen LogP contribution >= 0.6 is 0 Å². The Balaban J connectivity index is 2.48. The average Bonchev–Trinajstić information content (AvgIpc) is 2.37. The molecule has 0 radical (unpaired) electrons. The van der Waals surface area contributed by atoms with Gasteiger partial charge in [-0.05, 0) is 38.3 Å². The van der Waals surface area contributed by atoms with Gasteiger partial charge in [-0.15, -0.1) is 0 Å². The quantitative estimate of drug-likeness (QED) is 0.734. The second kappa shape index (κ2) is 8.93. The van der Waals surface area contributed by atoms with Crippen LogP contribution < -0.4 is 5.32 Å². The van der Waals surface area contributed by atoms with Crippen LogP contribution in [0, 0.1) is 11.8 Å². The SMILES string of the molecule is COCC(CNCC(C)C)N(C)C1CCCCC1C. The zero-order valence-corrected chi connectivity index (χ0v) is 13.6. The van der Waals surface area contributed by atoms with Gasteiger partial charge in [-0.2, -0.15) is 0 Å². The van der Waals surface area contributed by atoms with E-state index in [9.17, 15) is 0 Å². The van der Waals surface area contributed by atoms with Crippen molar-refractivity contribution in [3.63, 3.8) is 0 Å². The van der Waals surface area contributed by atoms with Gasteiger partial charge in [-0.3, -0.25) is 4.90 Å². The molecule has 3 atom stereocenters. The van der Waals surface area contributed by atoms with E-state index in [4.69, 9.17) is 4.74 Å². The van der Waals surface area contributed by atoms with E-state index in [0.717, 1.165) is 31.7 Å². The van der Waals surface area contributed by atoms with Gasteiger partial charge in [0.05, 0.1) is 6.61 Å². The Labute approximate surface area is 120 Å². The molecule has 0 aromatic carbocycles. The molecule has 0 heterocycles. The molecule has 0 aromatic rings. The third-order valence-electron chi connectivity index (χ3n) is 4.46. The fraction of sp³-hybridized carbons (Fsp3) is 1.00. The van der Waals surface area contributed by atoms with Gasteiger partial charge in [-0.25, -0.2) is 0 Å². The summed E-state index contributed by atoms with van der Waals surface area (Å²) < 4.78 is 5.43. The Morgan fingerprint density at radius 1 is 1.21 bits per heavy atom. The predicted octanol–water partition coefficient (Wildman–Crippen LogP) is 2.76. The molecule has 3 heteroatoms. The standard InChI is InChI=1S/C16H34N2O/c1-13(2)10-17-11-15(12-19-5)18(4)16-9-7-6-8-14(16)3/h13-17H,6-12H2,1-5H3. The monoisotopic (exact) mass is 270 g/mol. The molecule has 1 rings (SSSR count). The first-order chi connectivity index (χ1) is 9.06. The fourth-order valence-corrected chi connectivity index (χ4v) is 3.22. The summed E-state index contributed by atoms with van der Waals surface area (Å²) in [6.07, 6.45) is 5.53. The van der Waals surface area contributed by atoms with Crippen molar-refractivity contribution >= 4 is 0 Å². The molecule has 0 spiro atoms. The van der Waals surface area contributed by atoms with Crippen LogP contribution in [0.1, 0.15) is 46.5 Å². The highest BCUT2D eigenvalue weighted by Gasteiger charge is 2.29. The number of likely N-dealkylation sites (N-methyl/N-ethyl adjacent to an activating group) is 1. The molecule has 19 heavy (non-hydrogen) atoms. The smallest absolute Gasteiger partial charge is 0.0630 e. The third kappa shape index (κ3) is 5.80. The lowest BCUT2D eigenvalue weighted by molar-refractivity contribution is 0.0462. The van der Waals surface area contributed by atoms with E-state index in [1.54, 1.807) is 0 Å². The van der Waals surface area contributed by atoms with Gasteiger partial charge >= 0.3 is 0 Å². The second-order valence-corrected chi connectivity index (χ2v) is 6.66. The maximum absolute atomic E-state index is 5.43. The molecule has 0 aliphatic heterocycles. The van der Waals surface area contributed by atoms with Crippen LogP contribution in [0.2, 0.25) is 0 Å². The van der Waals surface area contributed by atoms with E-state index in [1.807, 2.05) is 7.11 Å². The van der Waals surface area contributed by atoms with Crippen molar-refractivity contribution in [1.82, 2.24) is 10.2 Å². The van der Waals surface area contributed by atoms with Crippen LogP contribution in [0.15, 0.2) is 0 Å². The van der Waals surface area contributed by atoms with Crippen molar-refractivity contribution in [2.75, 3.05) is 33.9 Å².